The first-order valence-electron chi connectivity index (χ1n) is 12.2. The van der Waals surface area contributed by atoms with E-state index in [9.17, 15) is 14.4 Å². The van der Waals surface area contributed by atoms with Gasteiger partial charge >= 0.3 is 0 Å². The number of nitrogens with zero attached hydrogens (tertiary/aromatic N) is 3. The number of benzene rings is 1. The van der Waals surface area contributed by atoms with Gasteiger partial charge in [0.15, 0.2) is 0 Å². The van der Waals surface area contributed by atoms with Crippen molar-refractivity contribution in [3.8, 4) is 5.75 Å². The summed E-state index contributed by atoms with van der Waals surface area (Å²) in [5, 5.41) is 0. The van der Waals surface area contributed by atoms with Gasteiger partial charge in [0.1, 0.15) is 11.9 Å². The van der Waals surface area contributed by atoms with Crippen molar-refractivity contribution < 1.29 is 23.9 Å². The second-order valence-corrected chi connectivity index (χ2v) is 9.12. The molecule has 3 fully saturated rings. The molecule has 3 heterocycles. The monoisotopic (exact) mass is 457 g/mol. The maximum atomic E-state index is 13.6. The van der Waals surface area contributed by atoms with Gasteiger partial charge in [0.2, 0.25) is 11.8 Å². The summed E-state index contributed by atoms with van der Waals surface area (Å²) in [7, 11) is 1.62. The Morgan fingerprint density at radius 2 is 1.73 bits per heavy atom. The molecule has 0 aliphatic carbocycles. The number of piperazine rings is 1. The van der Waals surface area contributed by atoms with Crippen molar-refractivity contribution in [2.75, 3.05) is 46.4 Å². The second-order valence-electron chi connectivity index (χ2n) is 9.12. The smallest absolute Gasteiger partial charge is 0.251 e. The molecule has 0 aromatic heterocycles. The van der Waals surface area contributed by atoms with Gasteiger partial charge in [-0.1, -0.05) is 25.5 Å². The molecule has 1 aromatic carbocycles. The van der Waals surface area contributed by atoms with Gasteiger partial charge in [0.25, 0.3) is 5.91 Å². The molecule has 180 valence electrons. The van der Waals surface area contributed by atoms with Gasteiger partial charge in [0, 0.05) is 45.8 Å². The number of amides is 3. The third-order valence-corrected chi connectivity index (χ3v) is 7.07. The van der Waals surface area contributed by atoms with Crippen LogP contribution in [0, 0.1) is 5.92 Å². The Labute approximate surface area is 195 Å². The molecule has 33 heavy (non-hydrogen) atoms. The number of methoxy groups -OCH3 is 1. The van der Waals surface area contributed by atoms with Crippen LogP contribution in [0.25, 0.3) is 0 Å². The maximum Gasteiger partial charge on any atom is 0.251 e. The Hall–Kier alpha value is -2.61. The lowest BCUT2D eigenvalue weighted by Gasteiger charge is -2.38. The molecular formula is C25H35N3O5. The van der Waals surface area contributed by atoms with Crippen LogP contribution in [-0.2, 0) is 19.1 Å². The first-order valence-corrected chi connectivity index (χ1v) is 12.2. The number of likely N-dealkylation sites (tertiary alicyclic amines) is 1. The lowest BCUT2D eigenvalue weighted by Crippen LogP contribution is -2.54. The Bertz CT molecular complexity index is 844. The molecule has 4 rings (SSSR count). The quantitative estimate of drug-likeness (QED) is 0.627. The number of carbonyl (C=O) groups excluding carboxylic acids is 3. The average Bonchev–Trinajstić information content (AvgIpc) is 3.50. The van der Waals surface area contributed by atoms with Crippen molar-refractivity contribution >= 4 is 17.7 Å². The van der Waals surface area contributed by atoms with E-state index in [1.165, 1.54) is 0 Å². The summed E-state index contributed by atoms with van der Waals surface area (Å²) in [5.74, 6) is 0.418. The zero-order valence-corrected chi connectivity index (χ0v) is 19.7. The van der Waals surface area contributed by atoms with Gasteiger partial charge < -0.3 is 24.2 Å². The fourth-order valence-corrected chi connectivity index (χ4v) is 5.18. The number of ether oxygens (including phenoxy) is 2. The highest BCUT2D eigenvalue weighted by molar-refractivity contribution is 5.90. The first kappa shape index (κ1) is 23.5. The number of hydrogen-bond donors (Lipinski definition) is 0. The highest BCUT2D eigenvalue weighted by Gasteiger charge is 2.46. The first-order chi connectivity index (χ1) is 16.0. The number of unbranched alkanes of at least 4 members (excludes halogenated alkanes) is 1. The summed E-state index contributed by atoms with van der Waals surface area (Å²) in [6.45, 7) is 5.41. The van der Waals surface area contributed by atoms with Crippen LogP contribution >= 0.6 is 0 Å². The number of hydrogen-bond acceptors (Lipinski definition) is 5. The van der Waals surface area contributed by atoms with Crippen molar-refractivity contribution in [3.63, 3.8) is 0 Å². The van der Waals surface area contributed by atoms with Crippen molar-refractivity contribution in [1.82, 2.24) is 14.7 Å². The summed E-state index contributed by atoms with van der Waals surface area (Å²) in [5.41, 5.74) is 0.961. The standard InChI is InChI=1S/C25H35N3O5/c1-3-4-11-28-22(29)17-20(23(28)18-7-9-19(32-2)10-8-18)24(30)26-12-14-27(15-13-26)25(31)21-6-5-16-33-21/h7-10,20-21,23H,3-6,11-17H2,1-2H3. The molecule has 0 radical (unpaired) electrons. The lowest BCUT2D eigenvalue weighted by atomic mass is 9.91. The Morgan fingerprint density at radius 3 is 2.30 bits per heavy atom. The Kier molecular flexibility index (Phi) is 7.53. The molecule has 3 saturated heterocycles. The molecule has 3 aliphatic rings. The van der Waals surface area contributed by atoms with Gasteiger partial charge in [0.05, 0.1) is 19.1 Å². The molecule has 0 bridgehead atoms. The molecule has 1 aromatic rings. The zero-order chi connectivity index (χ0) is 23.4. The molecule has 3 unspecified atom stereocenters. The van der Waals surface area contributed by atoms with E-state index in [-0.39, 0.29) is 36.3 Å². The predicted octanol–water partition coefficient (Wildman–Crippen LogP) is 2.23. The van der Waals surface area contributed by atoms with Crippen LogP contribution in [-0.4, -0.2) is 85.0 Å². The Balaban J connectivity index is 1.46. The molecule has 3 aliphatic heterocycles. The van der Waals surface area contributed by atoms with Crippen LogP contribution in [0.5, 0.6) is 5.75 Å². The minimum Gasteiger partial charge on any atom is -0.497 e. The van der Waals surface area contributed by atoms with Crippen LogP contribution in [0.1, 0.15) is 50.6 Å². The summed E-state index contributed by atoms with van der Waals surface area (Å²) < 4.78 is 10.8. The molecule has 0 spiro atoms. The van der Waals surface area contributed by atoms with E-state index in [1.807, 2.05) is 39.0 Å². The maximum absolute atomic E-state index is 13.6. The van der Waals surface area contributed by atoms with Crippen LogP contribution in [0.3, 0.4) is 0 Å². The van der Waals surface area contributed by atoms with Crippen LogP contribution in [0.15, 0.2) is 24.3 Å². The number of rotatable bonds is 7. The second kappa shape index (κ2) is 10.5. The van der Waals surface area contributed by atoms with Gasteiger partial charge in [-0.15, -0.1) is 0 Å². The molecule has 8 nitrogen and oxygen atoms in total. The van der Waals surface area contributed by atoms with Crippen LogP contribution in [0.4, 0.5) is 0 Å². The van der Waals surface area contributed by atoms with Gasteiger partial charge in [-0.25, -0.2) is 0 Å². The zero-order valence-electron chi connectivity index (χ0n) is 19.7. The predicted molar refractivity (Wildman–Crippen MR) is 123 cm³/mol. The van der Waals surface area contributed by atoms with Gasteiger partial charge in [-0.2, -0.15) is 0 Å². The van der Waals surface area contributed by atoms with E-state index in [0.29, 0.717) is 39.3 Å². The molecule has 8 heteroatoms. The van der Waals surface area contributed by atoms with Crippen molar-refractivity contribution in [3.05, 3.63) is 29.8 Å². The van der Waals surface area contributed by atoms with E-state index in [2.05, 4.69) is 6.92 Å². The van der Waals surface area contributed by atoms with Crippen molar-refractivity contribution in [2.24, 2.45) is 5.92 Å². The third-order valence-electron chi connectivity index (χ3n) is 7.07. The topological polar surface area (TPSA) is 79.4 Å². The third kappa shape index (κ3) is 5.00. The highest BCUT2D eigenvalue weighted by atomic mass is 16.5. The van der Waals surface area contributed by atoms with Crippen LogP contribution in [0.2, 0.25) is 0 Å². The minimum absolute atomic E-state index is 0.00684. The minimum atomic E-state index is -0.414. The summed E-state index contributed by atoms with van der Waals surface area (Å²) in [6, 6.07) is 7.41. The normalized spacial score (nSPS) is 25.6. The molecule has 0 saturated carbocycles. The molecule has 3 amide bonds. The Morgan fingerprint density at radius 1 is 1.06 bits per heavy atom. The lowest BCUT2D eigenvalue weighted by molar-refractivity contribution is -0.147. The van der Waals surface area contributed by atoms with Gasteiger partial charge in [-0.05, 0) is 37.0 Å². The molecule has 0 N–H and O–H groups in total. The van der Waals surface area contributed by atoms with E-state index in [1.54, 1.807) is 7.11 Å². The van der Waals surface area contributed by atoms with Gasteiger partial charge in [-0.3, -0.25) is 14.4 Å². The summed E-state index contributed by atoms with van der Waals surface area (Å²) in [4.78, 5) is 44.7. The van der Waals surface area contributed by atoms with E-state index in [4.69, 9.17) is 9.47 Å². The number of carbonyl (C=O) groups is 3. The van der Waals surface area contributed by atoms with E-state index in [0.717, 1.165) is 37.0 Å². The summed E-state index contributed by atoms with van der Waals surface area (Å²) >= 11 is 0. The SMILES string of the molecule is CCCCN1C(=O)CC(C(=O)N2CCN(C(=O)C3CCCO3)CC2)C1c1ccc(OC)cc1. The van der Waals surface area contributed by atoms with Crippen molar-refractivity contribution in [1.29, 1.82) is 0 Å². The van der Waals surface area contributed by atoms with E-state index >= 15 is 0 Å². The summed E-state index contributed by atoms with van der Waals surface area (Å²) in [6.07, 6.45) is 3.49. The average molecular weight is 458 g/mol. The fourth-order valence-electron chi connectivity index (χ4n) is 5.18. The molecule has 3 atom stereocenters. The fraction of sp³-hybridized carbons (Fsp3) is 0.640. The van der Waals surface area contributed by atoms with E-state index < -0.39 is 5.92 Å². The molecular weight excluding hydrogens is 422 g/mol. The van der Waals surface area contributed by atoms with Crippen molar-refractivity contribution in [2.45, 2.75) is 51.2 Å². The van der Waals surface area contributed by atoms with Crippen LogP contribution < -0.4 is 4.74 Å². The highest BCUT2D eigenvalue weighted by Crippen LogP contribution is 2.40. The largest absolute Gasteiger partial charge is 0.497 e.